The summed E-state index contributed by atoms with van der Waals surface area (Å²) in [4.78, 5) is 29.3. The Balaban J connectivity index is 2.06. The maximum absolute atomic E-state index is 12.6. The van der Waals surface area contributed by atoms with Gasteiger partial charge in [0.2, 0.25) is 0 Å². The summed E-state index contributed by atoms with van der Waals surface area (Å²) in [5, 5.41) is 11.5. The molecule has 3 aromatic rings. The van der Waals surface area contributed by atoms with Crippen molar-refractivity contribution in [1.82, 2.24) is 9.55 Å². The van der Waals surface area contributed by atoms with E-state index in [0.29, 0.717) is 21.5 Å². The average Bonchev–Trinajstić information content (AvgIpc) is 3.01. The molecule has 2 heterocycles. The van der Waals surface area contributed by atoms with Crippen LogP contribution in [0.5, 0.6) is 5.75 Å². The molecule has 0 bridgehead atoms. The minimum atomic E-state index is -0.473. The lowest BCUT2D eigenvalue weighted by atomic mass is 10.1. The number of nitrogens with zero attached hydrogens (tertiary/aromatic N) is 3. The molecule has 0 aliphatic heterocycles. The standard InChI is InChI=1S/C16H15N3O4S/c1-3-12-7-13-15(24-12)17-9-18(16(13)20)8-10-6-11(19(21)22)4-5-14(10)23-2/h4-7,9H,3,8H2,1-2H3. The molecule has 124 valence electrons. The van der Waals surface area contributed by atoms with Crippen molar-refractivity contribution in [2.45, 2.75) is 19.9 Å². The summed E-state index contributed by atoms with van der Waals surface area (Å²) in [6.07, 6.45) is 2.32. The number of hydrogen-bond acceptors (Lipinski definition) is 6. The largest absolute Gasteiger partial charge is 0.496 e. The molecule has 0 radical (unpaired) electrons. The van der Waals surface area contributed by atoms with Crippen molar-refractivity contribution >= 4 is 27.2 Å². The second-order valence-electron chi connectivity index (χ2n) is 5.22. The summed E-state index contributed by atoms with van der Waals surface area (Å²) in [6.45, 7) is 2.18. The molecular weight excluding hydrogens is 330 g/mol. The van der Waals surface area contributed by atoms with Crippen molar-refractivity contribution in [2.24, 2.45) is 0 Å². The van der Waals surface area contributed by atoms with Crippen LogP contribution in [0.25, 0.3) is 10.2 Å². The SMILES string of the molecule is CCc1cc2c(=O)n(Cc3cc([N+](=O)[O-])ccc3OC)cnc2s1. The van der Waals surface area contributed by atoms with Crippen LogP contribution in [0.2, 0.25) is 0 Å². The molecule has 0 fully saturated rings. The molecule has 7 nitrogen and oxygen atoms in total. The van der Waals surface area contributed by atoms with Gasteiger partial charge in [0.1, 0.15) is 10.6 Å². The number of aromatic nitrogens is 2. The van der Waals surface area contributed by atoms with Crippen LogP contribution in [0.4, 0.5) is 5.69 Å². The average molecular weight is 345 g/mol. The van der Waals surface area contributed by atoms with E-state index in [1.54, 1.807) is 0 Å². The molecule has 0 saturated carbocycles. The fourth-order valence-corrected chi connectivity index (χ4v) is 3.41. The van der Waals surface area contributed by atoms with Gasteiger partial charge in [0.15, 0.2) is 0 Å². The fourth-order valence-electron chi connectivity index (χ4n) is 2.48. The molecule has 0 atom stereocenters. The van der Waals surface area contributed by atoms with Gasteiger partial charge in [-0.3, -0.25) is 19.5 Å². The molecule has 0 N–H and O–H groups in total. The van der Waals surface area contributed by atoms with Gasteiger partial charge in [-0.2, -0.15) is 0 Å². The zero-order valence-corrected chi connectivity index (χ0v) is 14.0. The normalized spacial score (nSPS) is 10.9. The second kappa shape index (κ2) is 6.40. The minimum Gasteiger partial charge on any atom is -0.496 e. The molecule has 0 unspecified atom stereocenters. The van der Waals surface area contributed by atoms with Crippen LogP contribution in [0.1, 0.15) is 17.4 Å². The molecule has 3 rings (SSSR count). The van der Waals surface area contributed by atoms with E-state index >= 15 is 0 Å². The van der Waals surface area contributed by atoms with E-state index in [-0.39, 0.29) is 17.8 Å². The Morgan fingerprint density at radius 1 is 1.38 bits per heavy atom. The highest BCUT2D eigenvalue weighted by Crippen LogP contribution is 2.25. The molecule has 0 aliphatic carbocycles. The van der Waals surface area contributed by atoms with Crippen molar-refractivity contribution in [3.63, 3.8) is 0 Å². The predicted octanol–water partition coefficient (Wildman–Crippen LogP) is 2.99. The monoisotopic (exact) mass is 345 g/mol. The number of non-ortho nitro benzene ring substituents is 1. The first-order valence-corrected chi connectivity index (χ1v) is 8.14. The Morgan fingerprint density at radius 2 is 2.17 bits per heavy atom. The van der Waals surface area contributed by atoms with E-state index in [0.717, 1.165) is 11.3 Å². The van der Waals surface area contributed by atoms with E-state index < -0.39 is 4.92 Å². The number of rotatable bonds is 5. The van der Waals surface area contributed by atoms with Gasteiger partial charge in [0.05, 0.1) is 30.3 Å². The maximum atomic E-state index is 12.6. The Kier molecular flexibility index (Phi) is 4.30. The summed E-state index contributed by atoms with van der Waals surface area (Å²) >= 11 is 1.50. The molecule has 24 heavy (non-hydrogen) atoms. The van der Waals surface area contributed by atoms with Crippen molar-refractivity contribution < 1.29 is 9.66 Å². The first-order chi connectivity index (χ1) is 11.5. The van der Waals surface area contributed by atoms with Gasteiger partial charge in [-0.05, 0) is 18.6 Å². The summed E-state index contributed by atoms with van der Waals surface area (Å²) in [7, 11) is 1.49. The third kappa shape index (κ3) is 2.88. The van der Waals surface area contributed by atoms with Crippen LogP contribution in [-0.2, 0) is 13.0 Å². The van der Waals surface area contributed by atoms with Gasteiger partial charge in [0, 0.05) is 22.6 Å². The lowest BCUT2D eigenvalue weighted by Crippen LogP contribution is -2.20. The summed E-state index contributed by atoms with van der Waals surface area (Å²) in [5.41, 5.74) is 0.349. The van der Waals surface area contributed by atoms with Crippen LogP contribution < -0.4 is 10.3 Å². The molecular formula is C16H15N3O4S. The Labute approximate surface area is 141 Å². The quantitative estimate of drug-likeness (QED) is 0.524. The molecule has 2 aromatic heterocycles. The first-order valence-electron chi connectivity index (χ1n) is 7.32. The Hall–Kier alpha value is -2.74. The fraction of sp³-hybridized carbons (Fsp3) is 0.250. The Morgan fingerprint density at radius 3 is 2.83 bits per heavy atom. The predicted molar refractivity (Wildman–Crippen MR) is 92.0 cm³/mol. The maximum Gasteiger partial charge on any atom is 0.270 e. The molecule has 0 saturated heterocycles. The molecule has 0 aliphatic rings. The number of hydrogen-bond donors (Lipinski definition) is 0. The van der Waals surface area contributed by atoms with Gasteiger partial charge in [-0.1, -0.05) is 6.92 Å². The van der Waals surface area contributed by atoms with Crippen LogP contribution in [0.3, 0.4) is 0 Å². The lowest BCUT2D eigenvalue weighted by Gasteiger charge is -2.10. The van der Waals surface area contributed by atoms with Gasteiger partial charge >= 0.3 is 0 Å². The van der Waals surface area contributed by atoms with Crippen molar-refractivity contribution in [1.29, 1.82) is 0 Å². The third-order valence-electron chi connectivity index (χ3n) is 3.73. The van der Waals surface area contributed by atoms with Crippen molar-refractivity contribution in [3.8, 4) is 5.75 Å². The number of nitro benzene ring substituents is 1. The smallest absolute Gasteiger partial charge is 0.270 e. The highest BCUT2D eigenvalue weighted by Gasteiger charge is 2.14. The van der Waals surface area contributed by atoms with E-state index in [1.165, 1.54) is 47.5 Å². The zero-order valence-electron chi connectivity index (χ0n) is 13.2. The zero-order chi connectivity index (χ0) is 17.3. The van der Waals surface area contributed by atoms with E-state index in [9.17, 15) is 14.9 Å². The number of fused-ring (bicyclic) bond motifs is 1. The van der Waals surface area contributed by atoms with Crippen molar-refractivity contribution in [3.05, 3.63) is 61.5 Å². The number of methoxy groups -OCH3 is 1. The van der Waals surface area contributed by atoms with Crippen LogP contribution >= 0.6 is 11.3 Å². The van der Waals surface area contributed by atoms with Crippen LogP contribution in [0.15, 0.2) is 35.4 Å². The number of thiophene rings is 1. The summed E-state index contributed by atoms with van der Waals surface area (Å²) in [6, 6.07) is 6.18. The number of benzene rings is 1. The van der Waals surface area contributed by atoms with Gasteiger partial charge in [0.25, 0.3) is 11.2 Å². The minimum absolute atomic E-state index is 0.0447. The van der Waals surface area contributed by atoms with Gasteiger partial charge < -0.3 is 4.74 Å². The number of ether oxygens (including phenoxy) is 1. The van der Waals surface area contributed by atoms with Crippen molar-refractivity contribution in [2.75, 3.05) is 7.11 Å². The summed E-state index contributed by atoms with van der Waals surface area (Å²) in [5.74, 6) is 0.493. The molecule has 1 aromatic carbocycles. The molecule has 0 spiro atoms. The van der Waals surface area contributed by atoms with E-state index in [4.69, 9.17) is 4.74 Å². The molecule has 8 heteroatoms. The second-order valence-corrected chi connectivity index (χ2v) is 6.33. The van der Waals surface area contributed by atoms with E-state index in [1.807, 2.05) is 13.0 Å². The highest BCUT2D eigenvalue weighted by molar-refractivity contribution is 7.18. The molecule has 0 amide bonds. The van der Waals surface area contributed by atoms with Crippen LogP contribution in [-0.4, -0.2) is 21.6 Å². The Bertz CT molecular complexity index is 977. The number of nitro groups is 1. The van der Waals surface area contributed by atoms with Crippen LogP contribution in [0, 0.1) is 10.1 Å². The van der Waals surface area contributed by atoms with Gasteiger partial charge in [-0.15, -0.1) is 11.3 Å². The lowest BCUT2D eigenvalue weighted by molar-refractivity contribution is -0.384. The summed E-state index contributed by atoms with van der Waals surface area (Å²) < 4.78 is 6.69. The first kappa shape index (κ1) is 16.1. The van der Waals surface area contributed by atoms with Gasteiger partial charge in [-0.25, -0.2) is 4.98 Å². The topological polar surface area (TPSA) is 87.3 Å². The van der Waals surface area contributed by atoms with E-state index in [2.05, 4.69) is 4.98 Å². The highest BCUT2D eigenvalue weighted by atomic mass is 32.1. The third-order valence-corrected chi connectivity index (χ3v) is 4.92. The number of aryl methyl sites for hydroxylation is 1.